The van der Waals surface area contributed by atoms with E-state index in [9.17, 15) is 19.5 Å². The first-order valence-corrected chi connectivity index (χ1v) is 7.56. The molecule has 2 aliphatic rings. The number of hydrogen-bond donors (Lipinski definition) is 3. The molecule has 2 atom stereocenters. The van der Waals surface area contributed by atoms with Crippen molar-refractivity contribution in [3.63, 3.8) is 0 Å². The highest BCUT2D eigenvalue weighted by molar-refractivity contribution is 5.84. The van der Waals surface area contributed by atoms with Gasteiger partial charge in [0.25, 0.3) is 0 Å². The van der Waals surface area contributed by atoms with Crippen molar-refractivity contribution in [1.29, 1.82) is 0 Å². The predicted octanol–water partition coefficient (Wildman–Crippen LogP) is 0.537. The van der Waals surface area contributed by atoms with E-state index in [4.69, 9.17) is 5.73 Å². The molecule has 1 heterocycles. The monoisotopic (exact) mass is 297 g/mol. The number of nitrogens with one attached hydrogen (secondary N) is 1. The van der Waals surface area contributed by atoms with Crippen molar-refractivity contribution < 1.29 is 19.5 Å². The van der Waals surface area contributed by atoms with E-state index in [0.717, 1.165) is 32.1 Å². The van der Waals surface area contributed by atoms with Gasteiger partial charge in [0.15, 0.2) is 0 Å². The minimum Gasteiger partial charge on any atom is -0.480 e. The number of carboxylic acids is 1. The van der Waals surface area contributed by atoms with E-state index in [1.807, 2.05) is 0 Å². The maximum Gasteiger partial charge on any atom is 0.326 e. The Balaban J connectivity index is 1.92. The molecule has 0 spiro atoms. The highest BCUT2D eigenvalue weighted by Gasteiger charge is 2.35. The van der Waals surface area contributed by atoms with Crippen LogP contribution in [0, 0.1) is 11.8 Å². The van der Waals surface area contributed by atoms with Gasteiger partial charge in [-0.2, -0.15) is 0 Å². The molecular formula is C14H23N3O4. The Bertz CT molecular complexity index is 420. The lowest BCUT2D eigenvalue weighted by atomic mass is 9.84. The van der Waals surface area contributed by atoms with Crippen molar-refractivity contribution in [1.82, 2.24) is 10.2 Å². The molecule has 0 aromatic heterocycles. The predicted molar refractivity (Wildman–Crippen MR) is 75.4 cm³/mol. The second kappa shape index (κ2) is 6.78. The molecule has 7 nitrogen and oxygen atoms in total. The van der Waals surface area contributed by atoms with Gasteiger partial charge in [0.05, 0.1) is 5.92 Å². The number of rotatable bonds is 4. The molecule has 3 amide bonds. The molecule has 4 N–H and O–H groups in total. The van der Waals surface area contributed by atoms with Crippen LogP contribution in [0.15, 0.2) is 0 Å². The number of carboxylic acid groups (broad SMARTS) is 1. The molecule has 2 fully saturated rings. The lowest BCUT2D eigenvalue weighted by molar-refractivity contribution is -0.141. The van der Waals surface area contributed by atoms with Gasteiger partial charge in [0.2, 0.25) is 5.91 Å². The normalized spacial score (nSPS) is 24.6. The summed E-state index contributed by atoms with van der Waals surface area (Å²) in [5, 5.41) is 12.0. The summed E-state index contributed by atoms with van der Waals surface area (Å²) in [5.74, 6) is -1.73. The maximum atomic E-state index is 12.2. The molecule has 1 saturated carbocycles. The van der Waals surface area contributed by atoms with Crippen molar-refractivity contribution in [2.24, 2.45) is 17.6 Å². The Morgan fingerprint density at radius 2 is 1.81 bits per heavy atom. The summed E-state index contributed by atoms with van der Waals surface area (Å²) in [5.41, 5.74) is 5.24. The minimum atomic E-state index is -0.985. The number of likely N-dealkylation sites (tertiary alicyclic amines) is 1. The summed E-state index contributed by atoms with van der Waals surface area (Å²) >= 11 is 0. The van der Waals surface area contributed by atoms with Crippen molar-refractivity contribution in [2.75, 3.05) is 13.1 Å². The largest absolute Gasteiger partial charge is 0.480 e. The Morgan fingerprint density at radius 3 is 2.33 bits per heavy atom. The number of carbonyl (C=O) groups excluding carboxylic acids is 2. The van der Waals surface area contributed by atoms with Gasteiger partial charge < -0.3 is 21.1 Å². The molecule has 21 heavy (non-hydrogen) atoms. The lowest BCUT2D eigenvalue weighted by Gasteiger charge is -2.29. The molecule has 0 radical (unpaired) electrons. The van der Waals surface area contributed by atoms with Gasteiger partial charge >= 0.3 is 12.0 Å². The van der Waals surface area contributed by atoms with Gasteiger partial charge in [-0.25, -0.2) is 9.59 Å². The van der Waals surface area contributed by atoms with Gasteiger partial charge in [-0.05, 0) is 25.2 Å². The van der Waals surface area contributed by atoms with Crippen LogP contribution in [-0.4, -0.2) is 47.0 Å². The molecule has 1 saturated heterocycles. The molecule has 0 aromatic rings. The third kappa shape index (κ3) is 3.86. The van der Waals surface area contributed by atoms with Crippen molar-refractivity contribution in [2.45, 2.75) is 44.6 Å². The average Bonchev–Trinajstić information content (AvgIpc) is 2.95. The number of carbonyl (C=O) groups is 3. The Morgan fingerprint density at radius 1 is 1.14 bits per heavy atom. The van der Waals surface area contributed by atoms with Crippen LogP contribution >= 0.6 is 0 Å². The fourth-order valence-electron chi connectivity index (χ4n) is 3.25. The van der Waals surface area contributed by atoms with Gasteiger partial charge in [0, 0.05) is 13.1 Å². The number of nitrogens with zero attached hydrogens (tertiary/aromatic N) is 1. The molecule has 0 bridgehead atoms. The first-order valence-electron chi connectivity index (χ1n) is 7.56. The fourth-order valence-corrected chi connectivity index (χ4v) is 3.25. The van der Waals surface area contributed by atoms with Crippen LogP contribution in [0.3, 0.4) is 0 Å². The molecule has 1 aliphatic heterocycles. The molecule has 2 rings (SSSR count). The quantitative estimate of drug-likeness (QED) is 0.702. The minimum absolute atomic E-state index is 0.00487. The summed E-state index contributed by atoms with van der Waals surface area (Å²) in [6, 6.07) is -1.25. The van der Waals surface area contributed by atoms with Gasteiger partial charge in [-0.15, -0.1) is 0 Å². The molecule has 7 heteroatoms. The topological polar surface area (TPSA) is 113 Å². The Labute approximate surface area is 123 Å². The smallest absolute Gasteiger partial charge is 0.326 e. The van der Waals surface area contributed by atoms with E-state index in [-0.39, 0.29) is 18.4 Å². The number of primary amides is 1. The summed E-state index contributed by atoms with van der Waals surface area (Å²) in [6.07, 6.45) is 5.37. The Hall–Kier alpha value is -1.79. The van der Waals surface area contributed by atoms with Crippen molar-refractivity contribution >= 4 is 17.9 Å². The number of aliphatic carboxylic acids is 1. The maximum absolute atomic E-state index is 12.2. The standard InChI is InChI=1S/C14H23N3O4/c15-12(18)10-6-7-17(8-10)14(21)16-11(13(19)20)9-4-2-1-3-5-9/h9-11H,1-8H2,(H2,15,18)(H,16,21)(H,19,20). The number of amides is 3. The number of nitrogens with two attached hydrogens (primary N) is 1. The van der Waals surface area contributed by atoms with E-state index < -0.39 is 23.9 Å². The summed E-state index contributed by atoms with van der Waals surface area (Å²) in [4.78, 5) is 36.2. The first-order chi connectivity index (χ1) is 9.99. The zero-order valence-electron chi connectivity index (χ0n) is 12.1. The first kappa shape index (κ1) is 15.6. The average molecular weight is 297 g/mol. The lowest BCUT2D eigenvalue weighted by Crippen LogP contribution is -2.51. The third-order valence-corrected chi connectivity index (χ3v) is 4.54. The SMILES string of the molecule is NC(=O)C1CCN(C(=O)NC(C(=O)O)C2CCCCC2)C1. The van der Waals surface area contributed by atoms with E-state index >= 15 is 0 Å². The van der Waals surface area contributed by atoms with Crippen LogP contribution in [0.5, 0.6) is 0 Å². The van der Waals surface area contributed by atoms with E-state index in [0.29, 0.717) is 13.0 Å². The molecule has 2 unspecified atom stereocenters. The van der Waals surface area contributed by atoms with Gasteiger partial charge in [-0.1, -0.05) is 19.3 Å². The second-order valence-corrected chi connectivity index (χ2v) is 6.00. The van der Waals surface area contributed by atoms with Crippen LogP contribution in [0.2, 0.25) is 0 Å². The van der Waals surface area contributed by atoms with Gasteiger partial charge in [0.1, 0.15) is 6.04 Å². The van der Waals surface area contributed by atoms with Crippen molar-refractivity contribution in [3.05, 3.63) is 0 Å². The second-order valence-electron chi connectivity index (χ2n) is 6.00. The Kier molecular flexibility index (Phi) is 5.03. The molecule has 118 valence electrons. The highest BCUT2D eigenvalue weighted by Crippen LogP contribution is 2.27. The molecule has 0 aromatic carbocycles. The highest BCUT2D eigenvalue weighted by atomic mass is 16.4. The van der Waals surface area contributed by atoms with Crippen LogP contribution in [0.1, 0.15) is 38.5 Å². The molecule has 1 aliphatic carbocycles. The van der Waals surface area contributed by atoms with E-state index in [1.54, 1.807) is 0 Å². The zero-order chi connectivity index (χ0) is 15.4. The van der Waals surface area contributed by atoms with Crippen molar-refractivity contribution in [3.8, 4) is 0 Å². The van der Waals surface area contributed by atoms with Crippen LogP contribution in [0.4, 0.5) is 4.79 Å². The zero-order valence-corrected chi connectivity index (χ0v) is 12.1. The number of urea groups is 1. The summed E-state index contributed by atoms with van der Waals surface area (Å²) < 4.78 is 0. The van der Waals surface area contributed by atoms with Crippen LogP contribution in [0.25, 0.3) is 0 Å². The molecular weight excluding hydrogens is 274 g/mol. The number of hydrogen-bond acceptors (Lipinski definition) is 3. The van der Waals surface area contributed by atoms with Crippen LogP contribution < -0.4 is 11.1 Å². The van der Waals surface area contributed by atoms with Crippen LogP contribution in [-0.2, 0) is 9.59 Å². The van der Waals surface area contributed by atoms with Gasteiger partial charge in [-0.3, -0.25) is 4.79 Å². The fraction of sp³-hybridized carbons (Fsp3) is 0.786. The summed E-state index contributed by atoms with van der Waals surface area (Å²) in [6.45, 7) is 0.717. The summed E-state index contributed by atoms with van der Waals surface area (Å²) in [7, 11) is 0. The van der Waals surface area contributed by atoms with E-state index in [1.165, 1.54) is 4.90 Å². The van der Waals surface area contributed by atoms with E-state index in [2.05, 4.69) is 5.32 Å². The third-order valence-electron chi connectivity index (χ3n) is 4.54.